The first-order valence-corrected chi connectivity index (χ1v) is 4.40. The van der Waals surface area contributed by atoms with E-state index in [1.807, 2.05) is 6.92 Å². The van der Waals surface area contributed by atoms with Gasteiger partial charge in [0.1, 0.15) is 5.76 Å². The van der Waals surface area contributed by atoms with Gasteiger partial charge in [0, 0.05) is 12.5 Å². The molecule has 0 aliphatic heterocycles. The largest absolute Gasteiger partial charge is 0.428 e. The van der Waals surface area contributed by atoms with E-state index in [0.29, 0.717) is 0 Å². The van der Waals surface area contributed by atoms with Crippen molar-refractivity contribution in [1.82, 2.24) is 0 Å². The van der Waals surface area contributed by atoms with Crippen molar-refractivity contribution in [1.29, 1.82) is 0 Å². The molecule has 0 atom stereocenters. The smallest absolute Gasteiger partial charge is 0.336 e. The van der Waals surface area contributed by atoms with Gasteiger partial charge in [0.05, 0.1) is 0 Å². The number of aryl methyl sites for hydroxylation is 2. The fourth-order valence-corrected chi connectivity index (χ4v) is 1.82. The second-order valence-electron chi connectivity index (χ2n) is 3.36. The van der Waals surface area contributed by atoms with Gasteiger partial charge < -0.3 is 4.42 Å². The maximum Gasteiger partial charge on any atom is 0.336 e. The van der Waals surface area contributed by atoms with Gasteiger partial charge in [0.2, 0.25) is 0 Å². The van der Waals surface area contributed by atoms with E-state index in [0.717, 1.165) is 30.6 Å². The van der Waals surface area contributed by atoms with Crippen LogP contribution in [0.15, 0.2) is 15.3 Å². The highest BCUT2D eigenvalue weighted by atomic mass is 16.4. The van der Waals surface area contributed by atoms with Gasteiger partial charge in [-0.3, -0.25) is 0 Å². The Kier molecular flexibility index (Phi) is 1.75. The van der Waals surface area contributed by atoms with Crippen LogP contribution >= 0.6 is 0 Å². The molecule has 64 valence electrons. The molecule has 1 aliphatic rings. The van der Waals surface area contributed by atoms with E-state index in [-0.39, 0.29) is 5.63 Å². The Bertz CT molecular complexity index is 349. The molecule has 2 heteroatoms. The highest BCUT2D eigenvalue weighted by Crippen LogP contribution is 2.21. The van der Waals surface area contributed by atoms with Crippen LogP contribution in [-0.2, 0) is 12.8 Å². The van der Waals surface area contributed by atoms with Crippen molar-refractivity contribution in [3.8, 4) is 0 Å². The van der Waals surface area contributed by atoms with Crippen LogP contribution in [0.4, 0.5) is 0 Å². The molecule has 1 aromatic heterocycles. The van der Waals surface area contributed by atoms with Gasteiger partial charge >= 0.3 is 5.63 Å². The van der Waals surface area contributed by atoms with Crippen molar-refractivity contribution in [3.63, 3.8) is 0 Å². The van der Waals surface area contributed by atoms with Gasteiger partial charge in [-0.1, -0.05) is 0 Å². The van der Waals surface area contributed by atoms with E-state index >= 15 is 0 Å². The molecule has 0 spiro atoms. The summed E-state index contributed by atoms with van der Waals surface area (Å²) in [5, 5.41) is 0. The van der Waals surface area contributed by atoms with Crippen LogP contribution in [0, 0.1) is 6.92 Å². The first-order chi connectivity index (χ1) is 5.77. The Morgan fingerprint density at radius 1 is 1.33 bits per heavy atom. The third-order valence-electron chi connectivity index (χ3n) is 2.45. The third kappa shape index (κ3) is 1.17. The molecule has 1 aliphatic carbocycles. The maximum absolute atomic E-state index is 11.0. The van der Waals surface area contributed by atoms with Crippen LogP contribution in [0.5, 0.6) is 0 Å². The molecule has 0 radical (unpaired) electrons. The van der Waals surface area contributed by atoms with Crippen molar-refractivity contribution in [3.05, 3.63) is 33.4 Å². The lowest BCUT2D eigenvalue weighted by molar-refractivity contribution is 0.426. The molecule has 1 aromatic rings. The minimum Gasteiger partial charge on any atom is -0.428 e. The molecule has 0 unspecified atom stereocenters. The Labute approximate surface area is 71.2 Å². The predicted molar refractivity (Wildman–Crippen MR) is 46.4 cm³/mol. The normalized spacial score (nSPS) is 15.8. The molecule has 0 fully saturated rings. The summed E-state index contributed by atoms with van der Waals surface area (Å²) in [4.78, 5) is 11.0. The van der Waals surface area contributed by atoms with Crippen LogP contribution in [0.1, 0.15) is 29.7 Å². The molecule has 0 aromatic carbocycles. The monoisotopic (exact) mass is 164 g/mol. The van der Waals surface area contributed by atoms with Crippen LogP contribution < -0.4 is 5.63 Å². The standard InChI is InChI=1S/C10H12O2/c1-7-6-10(11)12-9-5-3-2-4-8(7)9/h6H,2-5H2,1H3. The lowest BCUT2D eigenvalue weighted by atomic mass is 9.94. The topological polar surface area (TPSA) is 30.2 Å². The van der Waals surface area contributed by atoms with Gasteiger partial charge in [-0.15, -0.1) is 0 Å². The molecule has 0 bridgehead atoms. The van der Waals surface area contributed by atoms with Crippen molar-refractivity contribution in [2.45, 2.75) is 32.6 Å². The van der Waals surface area contributed by atoms with Gasteiger partial charge in [-0.05, 0) is 37.3 Å². The minimum absolute atomic E-state index is 0.201. The molecule has 0 N–H and O–H groups in total. The minimum atomic E-state index is -0.201. The van der Waals surface area contributed by atoms with E-state index in [2.05, 4.69) is 0 Å². The Morgan fingerprint density at radius 3 is 2.92 bits per heavy atom. The van der Waals surface area contributed by atoms with Gasteiger partial charge in [0.15, 0.2) is 0 Å². The predicted octanol–water partition coefficient (Wildman–Crippen LogP) is 1.83. The summed E-state index contributed by atoms with van der Waals surface area (Å²) in [5.41, 5.74) is 2.16. The molecular formula is C10H12O2. The summed E-state index contributed by atoms with van der Waals surface area (Å²) in [5.74, 6) is 0.922. The van der Waals surface area contributed by atoms with Crippen LogP contribution in [0.25, 0.3) is 0 Å². The summed E-state index contributed by atoms with van der Waals surface area (Å²) in [6.45, 7) is 1.99. The Morgan fingerprint density at radius 2 is 2.08 bits per heavy atom. The van der Waals surface area contributed by atoms with Crippen molar-refractivity contribution in [2.75, 3.05) is 0 Å². The highest BCUT2D eigenvalue weighted by molar-refractivity contribution is 5.28. The maximum atomic E-state index is 11.0. The second kappa shape index (κ2) is 2.77. The Balaban J connectivity index is 2.60. The SMILES string of the molecule is Cc1cc(=O)oc2c1CCCC2. The Hall–Kier alpha value is -1.05. The van der Waals surface area contributed by atoms with Crippen LogP contribution in [0.2, 0.25) is 0 Å². The molecule has 0 saturated heterocycles. The van der Waals surface area contributed by atoms with E-state index in [4.69, 9.17) is 4.42 Å². The first-order valence-electron chi connectivity index (χ1n) is 4.40. The lowest BCUT2D eigenvalue weighted by Gasteiger charge is -2.14. The molecule has 1 heterocycles. The summed E-state index contributed by atoms with van der Waals surface area (Å²) in [6.07, 6.45) is 4.39. The summed E-state index contributed by atoms with van der Waals surface area (Å²) < 4.78 is 5.12. The van der Waals surface area contributed by atoms with E-state index < -0.39 is 0 Å². The van der Waals surface area contributed by atoms with Crippen LogP contribution in [0.3, 0.4) is 0 Å². The van der Waals surface area contributed by atoms with Gasteiger partial charge in [0.25, 0.3) is 0 Å². The van der Waals surface area contributed by atoms with Crippen molar-refractivity contribution < 1.29 is 4.42 Å². The number of fused-ring (bicyclic) bond motifs is 1. The molecule has 2 rings (SSSR count). The average Bonchev–Trinajstić information content (AvgIpc) is 2.04. The van der Waals surface area contributed by atoms with Crippen LogP contribution in [-0.4, -0.2) is 0 Å². The zero-order valence-electron chi connectivity index (χ0n) is 7.22. The third-order valence-corrected chi connectivity index (χ3v) is 2.45. The van der Waals surface area contributed by atoms with Crippen molar-refractivity contribution >= 4 is 0 Å². The van der Waals surface area contributed by atoms with Gasteiger partial charge in [-0.25, -0.2) is 4.79 Å². The molecular weight excluding hydrogens is 152 g/mol. The van der Waals surface area contributed by atoms with E-state index in [1.54, 1.807) is 6.07 Å². The number of hydrogen-bond donors (Lipinski definition) is 0. The average molecular weight is 164 g/mol. The van der Waals surface area contributed by atoms with E-state index in [1.165, 1.54) is 12.0 Å². The summed E-state index contributed by atoms with van der Waals surface area (Å²) >= 11 is 0. The molecule has 2 nitrogen and oxygen atoms in total. The zero-order valence-corrected chi connectivity index (χ0v) is 7.22. The summed E-state index contributed by atoms with van der Waals surface area (Å²) in [6, 6.07) is 1.59. The molecule has 0 amide bonds. The fraction of sp³-hybridized carbons (Fsp3) is 0.500. The molecule has 12 heavy (non-hydrogen) atoms. The fourth-order valence-electron chi connectivity index (χ4n) is 1.82. The lowest BCUT2D eigenvalue weighted by Crippen LogP contribution is -2.10. The zero-order chi connectivity index (χ0) is 8.55. The van der Waals surface area contributed by atoms with Crippen molar-refractivity contribution in [2.24, 2.45) is 0 Å². The first kappa shape index (κ1) is 7.59. The second-order valence-corrected chi connectivity index (χ2v) is 3.36. The molecule has 0 saturated carbocycles. The van der Waals surface area contributed by atoms with Gasteiger partial charge in [-0.2, -0.15) is 0 Å². The number of hydrogen-bond acceptors (Lipinski definition) is 2. The quantitative estimate of drug-likeness (QED) is 0.585. The van der Waals surface area contributed by atoms with E-state index in [9.17, 15) is 4.79 Å². The summed E-state index contributed by atoms with van der Waals surface area (Å²) in [7, 11) is 0. The number of rotatable bonds is 0. The highest BCUT2D eigenvalue weighted by Gasteiger charge is 2.13.